The molecule has 0 N–H and O–H groups in total. The second kappa shape index (κ2) is 7.60. The van der Waals surface area contributed by atoms with Gasteiger partial charge in [0.05, 0.1) is 0 Å². The fraction of sp³-hybridized carbons (Fsp3) is 0.385. The van der Waals surface area contributed by atoms with Crippen LogP contribution in [0.4, 0.5) is 0 Å². The van der Waals surface area contributed by atoms with E-state index in [1.165, 1.54) is 19.3 Å². The van der Waals surface area contributed by atoms with Gasteiger partial charge in [0.1, 0.15) is 0 Å². The molecule has 0 amide bonds. The van der Waals surface area contributed by atoms with Gasteiger partial charge in [-0.25, -0.2) is 0 Å². The van der Waals surface area contributed by atoms with E-state index in [4.69, 9.17) is 0 Å². The average Bonchev–Trinajstić information content (AvgIpc) is 2.18. The first-order valence-corrected chi connectivity index (χ1v) is 5.02. The summed E-state index contributed by atoms with van der Waals surface area (Å²) < 4.78 is 0. The van der Waals surface area contributed by atoms with E-state index in [1.54, 1.807) is 0 Å². The Labute approximate surface area is 81.4 Å². The lowest BCUT2D eigenvalue weighted by Gasteiger charge is -1.88. The first-order valence-electron chi connectivity index (χ1n) is 5.02. The molecular formula is C13H17. The zero-order valence-electron chi connectivity index (χ0n) is 8.08. The van der Waals surface area contributed by atoms with Gasteiger partial charge in [0.25, 0.3) is 0 Å². The van der Waals surface area contributed by atoms with Crippen molar-refractivity contribution in [2.75, 3.05) is 0 Å². The van der Waals surface area contributed by atoms with Crippen molar-refractivity contribution in [1.29, 1.82) is 0 Å². The molecule has 1 radical (unpaired) electrons. The van der Waals surface area contributed by atoms with Crippen LogP contribution in [0.25, 0.3) is 0 Å². The lowest BCUT2D eigenvalue weighted by Crippen LogP contribution is -1.68. The standard InChI is InChI=1S/C13H17/c1-2-4-6-8-10-12-13-11-9-7-5-3-1/h1-3,9-12H,4,6-8,13H2/b2-1-,5-3?,11-9+,12-10+. The van der Waals surface area contributed by atoms with Crippen LogP contribution in [-0.2, 0) is 0 Å². The number of allylic oxidation sites excluding steroid dienone is 8. The molecule has 69 valence electrons. The molecule has 0 bridgehead atoms. The summed E-state index contributed by atoms with van der Waals surface area (Å²) in [6.07, 6.45) is 24.0. The molecule has 0 saturated heterocycles. The van der Waals surface area contributed by atoms with Gasteiger partial charge in [0, 0.05) is 0 Å². The largest absolute Gasteiger partial charge is 0.0882 e. The normalized spacial score (nSPS) is 28.9. The molecular weight excluding hydrogens is 156 g/mol. The van der Waals surface area contributed by atoms with Crippen molar-refractivity contribution in [3.8, 4) is 0 Å². The van der Waals surface area contributed by atoms with Gasteiger partial charge >= 0.3 is 0 Å². The highest BCUT2D eigenvalue weighted by molar-refractivity contribution is 5.02. The average molecular weight is 173 g/mol. The lowest BCUT2D eigenvalue weighted by atomic mass is 10.2. The van der Waals surface area contributed by atoms with Crippen LogP contribution in [0.2, 0.25) is 0 Å². The lowest BCUT2D eigenvalue weighted by molar-refractivity contribution is 0.866. The second-order valence-corrected chi connectivity index (χ2v) is 3.11. The van der Waals surface area contributed by atoms with Crippen molar-refractivity contribution < 1.29 is 0 Å². The molecule has 0 aromatic heterocycles. The highest BCUT2D eigenvalue weighted by atomic mass is 13.9. The van der Waals surface area contributed by atoms with E-state index < -0.39 is 0 Å². The summed E-state index contributed by atoms with van der Waals surface area (Å²) in [5, 5.41) is 0. The Balaban J connectivity index is 2.38. The van der Waals surface area contributed by atoms with E-state index in [0.717, 1.165) is 12.8 Å². The van der Waals surface area contributed by atoms with Gasteiger partial charge in [0.15, 0.2) is 0 Å². The van der Waals surface area contributed by atoms with Crippen molar-refractivity contribution in [1.82, 2.24) is 0 Å². The molecule has 0 saturated carbocycles. The Kier molecular flexibility index (Phi) is 5.87. The predicted molar refractivity (Wildman–Crippen MR) is 58.3 cm³/mol. The van der Waals surface area contributed by atoms with Crippen molar-refractivity contribution in [2.24, 2.45) is 0 Å². The molecule has 0 heterocycles. The Morgan fingerprint density at radius 3 is 2.69 bits per heavy atom. The zero-order chi connectivity index (χ0) is 9.19. The molecule has 0 heteroatoms. The number of rotatable bonds is 0. The fourth-order valence-electron chi connectivity index (χ4n) is 1.19. The minimum absolute atomic E-state index is 0.929. The maximum atomic E-state index is 3.20. The minimum atomic E-state index is 0.929. The Morgan fingerprint density at radius 2 is 1.69 bits per heavy atom. The summed E-state index contributed by atoms with van der Waals surface area (Å²) in [5.74, 6) is 0. The van der Waals surface area contributed by atoms with Crippen LogP contribution in [0.5, 0.6) is 0 Å². The summed E-state index contributed by atoms with van der Waals surface area (Å²) in [6, 6.07) is 0. The summed E-state index contributed by atoms with van der Waals surface area (Å²) >= 11 is 0. The van der Waals surface area contributed by atoms with Crippen LogP contribution < -0.4 is 0 Å². The van der Waals surface area contributed by atoms with Crippen LogP contribution >= 0.6 is 0 Å². The van der Waals surface area contributed by atoms with Gasteiger partial charge in [0.2, 0.25) is 0 Å². The van der Waals surface area contributed by atoms with E-state index in [-0.39, 0.29) is 0 Å². The molecule has 1 aliphatic carbocycles. The first kappa shape index (κ1) is 10.0. The third-order valence-corrected chi connectivity index (χ3v) is 1.93. The molecule has 0 fully saturated rings. The summed E-state index contributed by atoms with van der Waals surface area (Å²) in [4.78, 5) is 0. The smallest absolute Gasteiger partial charge is 0.00945 e. The second-order valence-electron chi connectivity index (χ2n) is 3.11. The van der Waals surface area contributed by atoms with Crippen molar-refractivity contribution in [3.63, 3.8) is 0 Å². The maximum absolute atomic E-state index is 3.20. The number of hydrogen-bond donors (Lipinski definition) is 0. The highest BCUT2D eigenvalue weighted by Gasteiger charge is 1.80. The molecule has 1 rings (SSSR count). The highest BCUT2D eigenvalue weighted by Crippen LogP contribution is 2.00. The predicted octanol–water partition coefficient (Wildman–Crippen LogP) is 3.98. The Bertz CT molecular complexity index is 216. The topological polar surface area (TPSA) is 0 Å². The Morgan fingerprint density at radius 1 is 0.846 bits per heavy atom. The maximum Gasteiger partial charge on any atom is -0.00945 e. The van der Waals surface area contributed by atoms with E-state index >= 15 is 0 Å². The van der Waals surface area contributed by atoms with Crippen molar-refractivity contribution in [2.45, 2.75) is 32.1 Å². The summed E-state index contributed by atoms with van der Waals surface area (Å²) in [7, 11) is 0. The monoisotopic (exact) mass is 173 g/mol. The summed E-state index contributed by atoms with van der Waals surface area (Å²) in [6.45, 7) is 0. The quantitative estimate of drug-likeness (QED) is 0.486. The van der Waals surface area contributed by atoms with E-state index in [2.05, 4.69) is 42.5 Å². The van der Waals surface area contributed by atoms with Crippen molar-refractivity contribution >= 4 is 0 Å². The molecule has 0 aliphatic heterocycles. The molecule has 0 unspecified atom stereocenters. The Hall–Kier alpha value is -1.04. The van der Waals surface area contributed by atoms with Gasteiger partial charge in [-0.1, -0.05) is 42.5 Å². The van der Waals surface area contributed by atoms with Crippen LogP contribution in [0.1, 0.15) is 32.1 Å². The fourth-order valence-corrected chi connectivity index (χ4v) is 1.19. The number of hydrogen-bond acceptors (Lipinski definition) is 0. The van der Waals surface area contributed by atoms with Gasteiger partial charge in [-0.05, 0) is 38.2 Å². The molecule has 13 heavy (non-hydrogen) atoms. The van der Waals surface area contributed by atoms with Gasteiger partial charge in [-0.3, -0.25) is 0 Å². The third kappa shape index (κ3) is 6.15. The SMILES string of the molecule is [C]1=C/C=C\CCC/C=C/C/C=C/C/1. The van der Waals surface area contributed by atoms with E-state index in [0.29, 0.717) is 0 Å². The molecule has 0 aromatic rings. The zero-order valence-corrected chi connectivity index (χ0v) is 8.08. The summed E-state index contributed by atoms with van der Waals surface area (Å²) in [5.41, 5.74) is 0. The first-order chi connectivity index (χ1) is 6.50. The molecule has 0 atom stereocenters. The molecule has 0 nitrogen and oxygen atoms in total. The van der Waals surface area contributed by atoms with Crippen LogP contribution in [0.3, 0.4) is 0 Å². The van der Waals surface area contributed by atoms with Crippen LogP contribution in [0.15, 0.2) is 42.5 Å². The van der Waals surface area contributed by atoms with Gasteiger partial charge < -0.3 is 0 Å². The van der Waals surface area contributed by atoms with Crippen LogP contribution in [-0.4, -0.2) is 0 Å². The van der Waals surface area contributed by atoms with Gasteiger partial charge in [-0.15, -0.1) is 0 Å². The van der Waals surface area contributed by atoms with Gasteiger partial charge in [-0.2, -0.15) is 0 Å². The van der Waals surface area contributed by atoms with Crippen molar-refractivity contribution in [3.05, 3.63) is 48.6 Å². The molecule has 0 aromatic carbocycles. The van der Waals surface area contributed by atoms with Crippen LogP contribution in [0, 0.1) is 6.08 Å². The van der Waals surface area contributed by atoms with E-state index in [1.807, 2.05) is 6.08 Å². The molecule has 0 spiro atoms. The molecule has 1 aliphatic rings. The minimum Gasteiger partial charge on any atom is -0.0882 e. The van der Waals surface area contributed by atoms with E-state index in [9.17, 15) is 0 Å². The third-order valence-electron chi connectivity index (χ3n) is 1.93.